The van der Waals surface area contributed by atoms with Crippen LogP contribution in [-0.4, -0.2) is 20.7 Å². The molecule has 0 amide bonds. The first-order valence-electron chi connectivity index (χ1n) is 7.86. The second-order valence-electron chi connectivity index (χ2n) is 5.32. The Morgan fingerprint density at radius 1 is 1.04 bits per heavy atom. The number of carbonyl (C=O) groups excluding carboxylic acids is 1. The van der Waals surface area contributed by atoms with Crippen molar-refractivity contribution in [2.45, 2.75) is 13.0 Å². The Morgan fingerprint density at radius 2 is 1.76 bits per heavy atom. The molecule has 0 bridgehead atoms. The lowest BCUT2D eigenvalue weighted by Crippen LogP contribution is -2.33. The van der Waals surface area contributed by atoms with Gasteiger partial charge in [0.2, 0.25) is 0 Å². The van der Waals surface area contributed by atoms with Gasteiger partial charge in [0.05, 0.1) is 19.6 Å². The SMILES string of the molecule is COc1ccc2cc[n+](CCc3ccccc3)cc2c1OC.O=C[O-]. The molecular formula is C20H21NO4. The molecule has 25 heavy (non-hydrogen) atoms. The second kappa shape index (κ2) is 9.27. The van der Waals surface area contributed by atoms with Crippen molar-refractivity contribution in [3.63, 3.8) is 0 Å². The number of carbonyl (C=O) groups is 1. The molecule has 2 aromatic carbocycles. The van der Waals surface area contributed by atoms with Gasteiger partial charge in [-0.1, -0.05) is 30.3 Å². The van der Waals surface area contributed by atoms with Crippen LogP contribution in [0.4, 0.5) is 0 Å². The van der Waals surface area contributed by atoms with Crippen LogP contribution in [0.3, 0.4) is 0 Å². The molecular weight excluding hydrogens is 318 g/mol. The van der Waals surface area contributed by atoms with E-state index in [1.807, 2.05) is 12.1 Å². The number of hydrogen-bond acceptors (Lipinski definition) is 4. The average Bonchev–Trinajstić information content (AvgIpc) is 2.66. The quantitative estimate of drug-likeness (QED) is 0.525. The maximum Gasteiger partial charge on any atom is 0.180 e. The lowest BCUT2D eigenvalue weighted by atomic mass is 10.1. The van der Waals surface area contributed by atoms with Gasteiger partial charge in [0.1, 0.15) is 0 Å². The molecule has 3 aromatic rings. The third-order valence-corrected chi connectivity index (χ3v) is 3.86. The van der Waals surface area contributed by atoms with Crippen molar-refractivity contribution in [1.82, 2.24) is 0 Å². The van der Waals surface area contributed by atoms with E-state index in [4.69, 9.17) is 19.4 Å². The molecule has 5 heteroatoms. The number of hydrogen-bond donors (Lipinski definition) is 0. The van der Waals surface area contributed by atoms with Crippen molar-refractivity contribution in [1.29, 1.82) is 0 Å². The van der Waals surface area contributed by atoms with Gasteiger partial charge in [0.15, 0.2) is 30.4 Å². The van der Waals surface area contributed by atoms with E-state index in [9.17, 15) is 0 Å². The van der Waals surface area contributed by atoms with Crippen LogP contribution in [0, 0.1) is 0 Å². The number of nitrogens with zero attached hydrogens (tertiary/aromatic N) is 1. The van der Waals surface area contributed by atoms with Crippen LogP contribution >= 0.6 is 0 Å². The molecule has 1 heterocycles. The molecule has 1 aromatic heterocycles. The third-order valence-electron chi connectivity index (χ3n) is 3.86. The number of methoxy groups -OCH3 is 2. The first-order valence-corrected chi connectivity index (χ1v) is 7.86. The Morgan fingerprint density at radius 3 is 2.40 bits per heavy atom. The van der Waals surface area contributed by atoms with Crippen LogP contribution in [0.5, 0.6) is 11.5 Å². The maximum atomic E-state index is 8.25. The molecule has 0 atom stereocenters. The lowest BCUT2D eigenvalue weighted by molar-refractivity contribution is -0.695. The van der Waals surface area contributed by atoms with E-state index < -0.39 is 6.47 Å². The zero-order chi connectivity index (χ0) is 18.1. The zero-order valence-electron chi connectivity index (χ0n) is 14.3. The van der Waals surface area contributed by atoms with Crippen molar-refractivity contribution >= 4 is 17.2 Å². The van der Waals surface area contributed by atoms with Crippen LogP contribution in [0.2, 0.25) is 0 Å². The molecule has 0 spiro atoms. The molecule has 0 aliphatic rings. The molecule has 0 saturated heterocycles. The maximum absolute atomic E-state index is 8.25. The molecule has 130 valence electrons. The number of carboxylic acid groups (broad SMARTS) is 1. The minimum atomic E-state index is -0.500. The van der Waals surface area contributed by atoms with Crippen LogP contribution in [0.15, 0.2) is 60.9 Å². The summed E-state index contributed by atoms with van der Waals surface area (Å²) in [4.78, 5) is 8.25. The minimum Gasteiger partial charge on any atom is -0.554 e. The Balaban J connectivity index is 0.000000701. The Bertz CT molecular complexity index is 819. The van der Waals surface area contributed by atoms with Crippen molar-refractivity contribution in [3.05, 3.63) is 66.5 Å². The highest BCUT2D eigenvalue weighted by Crippen LogP contribution is 2.34. The standard InChI is InChI=1S/C19H20NO2.CH2O2/c1-21-18-9-8-16-11-13-20(14-17(16)19(18)22-2)12-10-15-6-4-3-5-7-15;2-1-3/h3-9,11,13-14H,10,12H2,1-2H3;1H,(H,2,3)/q+1;/p-1. The molecule has 0 aliphatic heterocycles. The monoisotopic (exact) mass is 339 g/mol. The van der Waals surface area contributed by atoms with Crippen molar-refractivity contribution in [2.24, 2.45) is 0 Å². The number of rotatable bonds is 5. The minimum absolute atomic E-state index is 0.500. The summed E-state index contributed by atoms with van der Waals surface area (Å²) in [5.41, 5.74) is 1.34. The van der Waals surface area contributed by atoms with Gasteiger partial charge < -0.3 is 19.4 Å². The molecule has 0 radical (unpaired) electrons. The van der Waals surface area contributed by atoms with Gasteiger partial charge in [-0.2, -0.15) is 0 Å². The molecule has 3 rings (SSSR count). The third kappa shape index (κ3) is 4.70. The first kappa shape index (κ1) is 18.3. The first-order chi connectivity index (χ1) is 12.2. The molecule has 5 nitrogen and oxygen atoms in total. The van der Waals surface area contributed by atoms with Gasteiger partial charge in [0.25, 0.3) is 0 Å². The van der Waals surface area contributed by atoms with Gasteiger partial charge in [-0.3, -0.25) is 0 Å². The van der Waals surface area contributed by atoms with E-state index in [2.05, 4.69) is 53.4 Å². The number of benzene rings is 2. The summed E-state index contributed by atoms with van der Waals surface area (Å²) in [6.07, 6.45) is 5.24. The zero-order valence-corrected chi connectivity index (χ0v) is 14.3. The van der Waals surface area contributed by atoms with E-state index in [0.717, 1.165) is 35.2 Å². The summed E-state index contributed by atoms with van der Waals surface area (Å²) in [5, 5.41) is 10.5. The Kier molecular flexibility index (Phi) is 6.77. The summed E-state index contributed by atoms with van der Waals surface area (Å²) in [5.74, 6) is 1.55. The highest BCUT2D eigenvalue weighted by molar-refractivity contribution is 5.89. The normalized spacial score (nSPS) is 9.84. The highest BCUT2D eigenvalue weighted by atomic mass is 16.5. The van der Waals surface area contributed by atoms with E-state index in [0.29, 0.717) is 0 Å². The number of ether oxygens (including phenoxy) is 2. The molecule has 0 unspecified atom stereocenters. The number of fused-ring (bicyclic) bond motifs is 1. The van der Waals surface area contributed by atoms with Crippen LogP contribution in [-0.2, 0) is 17.8 Å². The predicted molar refractivity (Wildman–Crippen MR) is 93.5 cm³/mol. The van der Waals surface area contributed by atoms with Crippen molar-refractivity contribution < 1.29 is 23.9 Å². The molecule has 0 N–H and O–H groups in total. The van der Waals surface area contributed by atoms with Gasteiger partial charge in [-0.15, -0.1) is 0 Å². The fourth-order valence-corrected chi connectivity index (χ4v) is 2.67. The largest absolute Gasteiger partial charge is 0.554 e. The number of pyridine rings is 1. The van der Waals surface area contributed by atoms with Crippen molar-refractivity contribution in [3.8, 4) is 11.5 Å². The van der Waals surface area contributed by atoms with Crippen LogP contribution < -0.4 is 19.1 Å². The van der Waals surface area contributed by atoms with Gasteiger partial charge in [0, 0.05) is 19.0 Å². The number of aryl methyl sites for hydroxylation is 2. The van der Waals surface area contributed by atoms with E-state index >= 15 is 0 Å². The van der Waals surface area contributed by atoms with Crippen LogP contribution in [0.1, 0.15) is 5.56 Å². The second-order valence-corrected chi connectivity index (χ2v) is 5.32. The fourth-order valence-electron chi connectivity index (χ4n) is 2.67. The summed E-state index contributed by atoms with van der Waals surface area (Å²) < 4.78 is 13.1. The van der Waals surface area contributed by atoms with E-state index in [-0.39, 0.29) is 0 Å². The van der Waals surface area contributed by atoms with Gasteiger partial charge >= 0.3 is 0 Å². The van der Waals surface area contributed by atoms with Crippen molar-refractivity contribution in [2.75, 3.05) is 14.2 Å². The highest BCUT2D eigenvalue weighted by Gasteiger charge is 2.12. The fraction of sp³-hybridized carbons (Fsp3) is 0.200. The number of aromatic nitrogens is 1. The lowest BCUT2D eigenvalue weighted by Gasteiger charge is -2.09. The Hall–Kier alpha value is -3.08. The molecule has 0 saturated carbocycles. The van der Waals surface area contributed by atoms with Gasteiger partial charge in [-0.25, -0.2) is 4.57 Å². The average molecular weight is 339 g/mol. The van der Waals surface area contributed by atoms with E-state index in [1.54, 1.807) is 14.2 Å². The molecule has 0 fully saturated rings. The predicted octanol–water partition coefficient (Wildman–Crippen LogP) is 1.75. The summed E-state index contributed by atoms with van der Waals surface area (Å²) in [7, 11) is 3.34. The van der Waals surface area contributed by atoms with Gasteiger partial charge in [-0.05, 0) is 23.1 Å². The smallest absolute Gasteiger partial charge is 0.180 e. The van der Waals surface area contributed by atoms with E-state index in [1.165, 1.54) is 5.56 Å². The molecule has 0 aliphatic carbocycles. The van der Waals surface area contributed by atoms with Crippen LogP contribution in [0.25, 0.3) is 10.8 Å². The summed E-state index contributed by atoms with van der Waals surface area (Å²) >= 11 is 0. The Labute approximate surface area is 147 Å². The summed E-state index contributed by atoms with van der Waals surface area (Å²) in [6.45, 7) is 0.431. The topological polar surface area (TPSA) is 62.5 Å². The summed E-state index contributed by atoms with van der Waals surface area (Å²) in [6, 6.07) is 16.6.